The third kappa shape index (κ3) is 8.14. The van der Waals surface area contributed by atoms with Gasteiger partial charge in [-0.1, -0.05) is 52.0 Å². The first-order valence-electron chi connectivity index (χ1n) is 8.47. The second-order valence-electron chi connectivity index (χ2n) is 6.96. The largest absolute Gasteiger partial charge is 0.380 e. The van der Waals surface area contributed by atoms with E-state index in [0.29, 0.717) is 31.5 Å². The van der Waals surface area contributed by atoms with Crippen LogP contribution in [-0.4, -0.2) is 37.6 Å². The monoisotopic (exact) mass is 320 g/mol. The summed E-state index contributed by atoms with van der Waals surface area (Å²) in [4.78, 5) is 14.5. The van der Waals surface area contributed by atoms with Gasteiger partial charge in [0.2, 0.25) is 5.91 Å². The number of methoxy groups -OCH3 is 1. The van der Waals surface area contributed by atoms with Gasteiger partial charge in [0.25, 0.3) is 0 Å². The smallest absolute Gasteiger partial charge is 0.234 e. The van der Waals surface area contributed by atoms with Gasteiger partial charge in [-0.3, -0.25) is 9.69 Å². The molecule has 1 amide bonds. The summed E-state index contributed by atoms with van der Waals surface area (Å²) < 4.78 is 5.21. The van der Waals surface area contributed by atoms with Gasteiger partial charge in [-0.25, -0.2) is 0 Å². The van der Waals surface area contributed by atoms with Crippen LogP contribution in [0.3, 0.4) is 0 Å². The maximum absolute atomic E-state index is 12.3. The van der Waals surface area contributed by atoms with E-state index in [1.165, 1.54) is 0 Å². The summed E-state index contributed by atoms with van der Waals surface area (Å²) in [5.41, 5.74) is 2.23. The fourth-order valence-electron chi connectivity index (χ4n) is 2.72. The fourth-order valence-corrected chi connectivity index (χ4v) is 2.72. The van der Waals surface area contributed by atoms with Crippen LogP contribution >= 0.6 is 0 Å². The Morgan fingerprint density at radius 3 is 2.17 bits per heavy atom. The number of hydrogen-bond donors (Lipinski definition) is 1. The highest BCUT2D eigenvalue weighted by Crippen LogP contribution is 2.10. The summed E-state index contributed by atoms with van der Waals surface area (Å²) in [6, 6.07) is 8.06. The maximum Gasteiger partial charge on any atom is 0.234 e. The molecule has 0 unspecified atom stereocenters. The highest BCUT2D eigenvalue weighted by atomic mass is 16.5. The number of benzene rings is 1. The molecule has 4 heteroatoms. The van der Waals surface area contributed by atoms with E-state index in [-0.39, 0.29) is 5.91 Å². The molecule has 0 radical (unpaired) electrons. The van der Waals surface area contributed by atoms with Crippen molar-refractivity contribution in [1.82, 2.24) is 10.2 Å². The average molecular weight is 320 g/mol. The molecule has 4 nitrogen and oxygen atoms in total. The Kier molecular flexibility index (Phi) is 8.89. The third-order valence-electron chi connectivity index (χ3n) is 3.51. The summed E-state index contributed by atoms with van der Waals surface area (Å²) >= 11 is 0. The van der Waals surface area contributed by atoms with Crippen molar-refractivity contribution in [3.05, 3.63) is 35.4 Å². The molecule has 1 N–H and O–H groups in total. The molecule has 0 fully saturated rings. The average Bonchev–Trinajstić information content (AvgIpc) is 2.45. The summed E-state index contributed by atoms with van der Waals surface area (Å²) in [5.74, 6) is 1.20. The summed E-state index contributed by atoms with van der Waals surface area (Å²) in [6.07, 6.45) is 0. The Hall–Kier alpha value is -1.39. The van der Waals surface area contributed by atoms with Crippen LogP contribution in [0.4, 0.5) is 0 Å². The van der Waals surface area contributed by atoms with E-state index in [4.69, 9.17) is 4.74 Å². The molecule has 1 aromatic carbocycles. The SMILES string of the molecule is COCc1ccccc1CNC(=O)CN(CC(C)C)CC(C)C. The number of amides is 1. The number of hydrogen-bond acceptors (Lipinski definition) is 3. The lowest BCUT2D eigenvalue weighted by molar-refractivity contribution is -0.122. The Balaban J connectivity index is 2.54. The highest BCUT2D eigenvalue weighted by molar-refractivity contribution is 5.78. The summed E-state index contributed by atoms with van der Waals surface area (Å²) in [6.45, 7) is 12.2. The Labute approximate surface area is 141 Å². The number of carbonyl (C=O) groups excluding carboxylic acids is 1. The fraction of sp³-hybridized carbons (Fsp3) is 0.632. The number of ether oxygens (including phenoxy) is 1. The van der Waals surface area contributed by atoms with Gasteiger partial charge in [-0.05, 0) is 23.0 Å². The van der Waals surface area contributed by atoms with Crippen LogP contribution in [0.15, 0.2) is 24.3 Å². The standard InChI is InChI=1S/C19H32N2O2/c1-15(2)11-21(12-16(3)4)13-19(22)20-10-17-8-6-7-9-18(17)14-23-5/h6-9,15-16H,10-14H2,1-5H3,(H,20,22). The van der Waals surface area contributed by atoms with Gasteiger partial charge in [0, 0.05) is 26.7 Å². The number of nitrogens with one attached hydrogen (secondary N) is 1. The molecular weight excluding hydrogens is 288 g/mol. The van der Waals surface area contributed by atoms with Crippen molar-refractivity contribution in [2.75, 3.05) is 26.7 Å². The van der Waals surface area contributed by atoms with Crippen LogP contribution < -0.4 is 5.32 Å². The van der Waals surface area contributed by atoms with Crippen molar-refractivity contribution >= 4 is 5.91 Å². The minimum Gasteiger partial charge on any atom is -0.380 e. The van der Waals surface area contributed by atoms with Gasteiger partial charge in [-0.15, -0.1) is 0 Å². The minimum atomic E-state index is 0.0820. The molecular formula is C19H32N2O2. The van der Waals surface area contributed by atoms with Gasteiger partial charge in [0.1, 0.15) is 0 Å². The van der Waals surface area contributed by atoms with E-state index in [0.717, 1.165) is 24.2 Å². The molecule has 0 heterocycles. The lowest BCUT2D eigenvalue weighted by atomic mass is 10.1. The van der Waals surface area contributed by atoms with Crippen LogP contribution in [0.5, 0.6) is 0 Å². The molecule has 0 saturated heterocycles. The number of rotatable bonds is 10. The predicted octanol–water partition coefficient (Wildman–Crippen LogP) is 3.06. The topological polar surface area (TPSA) is 41.6 Å². The third-order valence-corrected chi connectivity index (χ3v) is 3.51. The van der Waals surface area contributed by atoms with Crippen LogP contribution in [-0.2, 0) is 22.7 Å². The van der Waals surface area contributed by atoms with Crippen LogP contribution in [0, 0.1) is 11.8 Å². The lowest BCUT2D eigenvalue weighted by Gasteiger charge is -2.25. The Morgan fingerprint density at radius 1 is 1.09 bits per heavy atom. The lowest BCUT2D eigenvalue weighted by Crippen LogP contribution is -2.40. The molecule has 0 aliphatic carbocycles. The van der Waals surface area contributed by atoms with Gasteiger partial charge < -0.3 is 10.1 Å². The van der Waals surface area contributed by atoms with E-state index in [1.807, 2.05) is 24.3 Å². The van der Waals surface area contributed by atoms with E-state index in [2.05, 4.69) is 37.9 Å². The van der Waals surface area contributed by atoms with E-state index in [1.54, 1.807) is 7.11 Å². The number of nitrogens with zero attached hydrogens (tertiary/aromatic N) is 1. The summed E-state index contributed by atoms with van der Waals surface area (Å²) in [5, 5.41) is 3.04. The van der Waals surface area contributed by atoms with E-state index < -0.39 is 0 Å². The van der Waals surface area contributed by atoms with Crippen LogP contribution in [0.2, 0.25) is 0 Å². The second kappa shape index (κ2) is 10.4. The summed E-state index contributed by atoms with van der Waals surface area (Å²) in [7, 11) is 1.69. The van der Waals surface area contributed by atoms with Crippen molar-refractivity contribution in [1.29, 1.82) is 0 Å². The zero-order valence-electron chi connectivity index (χ0n) is 15.3. The molecule has 0 aliphatic rings. The first kappa shape index (κ1) is 19.7. The van der Waals surface area contributed by atoms with Crippen molar-refractivity contribution in [3.8, 4) is 0 Å². The zero-order valence-corrected chi connectivity index (χ0v) is 15.3. The molecule has 130 valence electrons. The second-order valence-corrected chi connectivity index (χ2v) is 6.96. The highest BCUT2D eigenvalue weighted by Gasteiger charge is 2.14. The van der Waals surface area contributed by atoms with Crippen molar-refractivity contribution < 1.29 is 9.53 Å². The van der Waals surface area contributed by atoms with Crippen molar-refractivity contribution in [2.24, 2.45) is 11.8 Å². The van der Waals surface area contributed by atoms with Crippen LogP contribution in [0.25, 0.3) is 0 Å². The molecule has 0 aliphatic heterocycles. The normalized spacial score (nSPS) is 11.5. The van der Waals surface area contributed by atoms with E-state index >= 15 is 0 Å². The predicted molar refractivity (Wildman–Crippen MR) is 95.1 cm³/mol. The van der Waals surface area contributed by atoms with Crippen molar-refractivity contribution in [2.45, 2.75) is 40.8 Å². The molecule has 0 aromatic heterocycles. The molecule has 0 spiro atoms. The molecule has 1 aromatic rings. The Morgan fingerprint density at radius 2 is 1.65 bits per heavy atom. The first-order valence-corrected chi connectivity index (χ1v) is 8.47. The molecule has 23 heavy (non-hydrogen) atoms. The zero-order chi connectivity index (χ0) is 17.2. The quantitative estimate of drug-likeness (QED) is 0.720. The maximum atomic E-state index is 12.3. The first-order chi connectivity index (χ1) is 10.9. The molecule has 0 atom stereocenters. The van der Waals surface area contributed by atoms with E-state index in [9.17, 15) is 4.79 Å². The molecule has 0 saturated carbocycles. The molecule has 0 bridgehead atoms. The Bertz CT molecular complexity index is 462. The van der Waals surface area contributed by atoms with Crippen molar-refractivity contribution in [3.63, 3.8) is 0 Å². The van der Waals surface area contributed by atoms with Gasteiger partial charge in [0.05, 0.1) is 13.2 Å². The van der Waals surface area contributed by atoms with Gasteiger partial charge in [0.15, 0.2) is 0 Å². The van der Waals surface area contributed by atoms with Gasteiger partial charge >= 0.3 is 0 Å². The number of carbonyl (C=O) groups is 1. The minimum absolute atomic E-state index is 0.0820. The molecule has 1 rings (SSSR count). The van der Waals surface area contributed by atoms with Crippen LogP contribution in [0.1, 0.15) is 38.8 Å². The van der Waals surface area contributed by atoms with Gasteiger partial charge in [-0.2, -0.15) is 0 Å².